The molecule has 4 rings (SSSR count). The average Bonchev–Trinajstić information content (AvgIpc) is 3.05. The van der Waals surface area contributed by atoms with Crippen LogP contribution in [-0.4, -0.2) is 34.0 Å². The zero-order valence-corrected chi connectivity index (χ0v) is 17.8. The summed E-state index contributed by atoms with van der Waals surface area (Å²) in [6, 6.07) is 13.6. The van der Waals surface area contributed by atoms with Crippen molar-refractivity contribution in [1.82, 2.24) is 4.90 Å². The minimum Gasteiger partial charge on any atom is -0.543 e. The number of carbonyl (C=O) groups excluding carboxylic acids is 2. The Bertz CT molecular complexity index is 1020. The molecule has 30 heavy (non-hydrogen) atoms. The molecular weight excluding hydrogens is 400 g/mol. The summed E-state index contributed by atoms with van der Waals surface area (Å²) in [6.45, 7) is 1.57. The first kappa shape index (κ1) is 20.6. The summed E-state index contributed by atoms with van der Waals surface area (Å²) in [7, 11) is 2.03. The molecule has 2 aromatic rings. The Kier molecular flexibility index (Phi) is 5.66. The number of fused-ring (bicyclic) bond motifs is 1. The summed E-state index contributed by atoms with van der Waals surface area (Å²) in [5, 5.41) is 21.6. The van der Waals surface area contributed by atoms with Crippen LogP contribution in [0.2, 0.25) is 0 Å². The summed E-state index contributed by atoms with van der Waals surface area (Å²) < 4.78 is 2.11. The van der Waals surface area contributed by atoms with E-state index in [9.17, 15) is 19.8 Å². The second kappa shape index (κ2) is 8.24. The molecule has 1 N–H and O–H groups in total. The van der Waals surface area contributed by atoms with E-state index in [0.717, 1.165) is 22.6 Å². The van der Waals surface area contributed by atoms with Crippen molar-refractivity contribution in [3.05, 3.63) is 71.2 Å². The Morgan fingerprint density at radius 1 is 1.27 bits per heavy atom. The van der Waals surface area contributed by atoms with Gasteiger partial charge in [-0.25, -0.2) is 4.57 Å². The molecule has 3 heterocycles. The number of amides is 1. The van der Waals surface area contributed by atoms with Crippen molar-refractivity contribution in [3.8, 4) is 0 Å². The standard InChI is InChI=1S/C23H24N2O4S/c1-14(26)20-19-11-18(21(23(28)29)25(19)22(20)27)16-8-6-15(7-9-16)12-30-13-17-5-3-4-10-24(17)2/h3-10,14,19-20,26H,11-13H2,1-2H3/t14-,19-,20-/m1/s1. The highest BCUT2D eigenvalue weighted by molar-refractivity contribution is 7.97. The molecule has 0 bridgehead atoms. The Morgan fingerprint density at radius 3 is 2.63 bits per heavy atom. The van der Waals surface area contributed by atoms with Crippen molar-refractivity contribution in [2.45, 2.75) is 37.0 Å². The fraction of sp³-hybridized carbons (Fsp3) is 0.348. The number of thioether (sulfide) groups is 1. The number of nitrogens with zero attached hydrogens (tertiary/aromatic N) is 2. The van der Waals surface area contributed by atoms with Crippen LogP contribution < -0.4 is 9.67 Å². The number of β-lactam (4-membered cyclic amide) rings is 1. The lowest BCUT2D eigenvalue weighted by Crippen LogP contribution is -2.62. The average molecular weight is 425 g/mol. The number of aliphatic carboxylic acids is 1. The molecule has 0 unspecified atom stereocenters. The van der Waals surface area contributed by atoms with E-state index in [1.807, 2.05) is 61.4 Å². The fourth-order valence-corrected chi connectivity index (χ4v) is 5.34. The highest BCUT2D eigenvalue weighted by Gasteiger charge is 2.55. The van der Waals surface area contributed by atoms with Gasteiger partial charge >= 0.3 is 0 Å². The van der Waals surface area contributed by atoms with Crippen LogP contribution in [0.3, 0.4) is 0 Å². The molecule has 1 saturated heterocycles. The number of carboxylic acid groups (broad SMARTS) is 1. The van der Waals surface area contributed by atoms with E-state index < -0.39 is 18.0 Å². The fourth-order valence-electron chi connectivity index (χ4n) is 4.30. The van der Waals surface area contributed by atoms with Gasteiger partial charge in [0.05, 0.1) is 35.5 Å². The van der Waals surface area contributed by atoms with Crippen molar-refractivity contribution in [3.63, 3.8) is 0 Å². The van der Waals surface area contributed by atoms with Crippen molar-refractivity contribution in [1.29, 1.82) is 0 Å². The number of aryl methyl sites for hydroxylation is 1. The van der Waals surface area contributed by atoms with Gasteiger partial charge in [0.25, 0.3) is 0 Å². The molecule has 3 atom stereocenters. The first-order valence-electron chi connectivity index (χ1n) is 9.94. The van der Waals surface area contributed by atoms with Crippen LogP contribution in [0.25, 0.3) is 5.57 Å². The molecule has 6 nitrogen and oxygen atoms in total. The second-order valence-corrected chi connectivity index (χ2v) is 8.84. The van der Waals surface area contributed by atoms with Crippen LogP contribution in [0, 0.1) is 5.92 Å². The van der Waals surface area contributed by atoms with Gasteiger partial charge in [-0.3, -0.25) is 4.79 Å². The molecule has 156 valence electrons. The molecule has 0 spiro atoms. The number of carbonyl (C=O) groups is 2. The summed E-state index contributed by atoms with van der Waals surface area (Å²) in [5.74, 6) is -0.490. The van der Waals surface area contributed by atoms with E-state index in [1.165, 1.54) is 10.6 Å². The maximum atomic E-state index is 12.3. The molecule has 2 aliphatic rings. The number of hydrogen-bond acceptors (Lipinski definition) is 5. The third-order valence-electron chi connectivity index (χ3n) is 5.91. The molecule has 1 amide bonds. The van der Waals surface area contributed by atoms with Crippen LogP contribution in [0.4, 0.5) is 0 Å². The third-order valence-corrected chi connectivity index (χ3v) is 6.94. The first-order chi connectivity index (χ1) is 14.4. The largest absolute Gasteiger partial charge is 0.543 e. The Labute approximate surface area is 179 Å². The lowest BCUT2D eigenvalue weighted by atomic mass is 9.82. The van der Waals surface area contributed by atoms with Crippen LogP contribution in [0.5, 0.6) is 0 Å². The number of carboxylic acids is 1. The Morgan fingerprint density at radius 2 is 2.00 bits per heavy atom. The molecule has 1 fully saturated rings. The van der Waals surface area contributed by atoms with Gasteiger partial charge in [-0.05, 0) is 30.0 Å². The number of benzene rings is 1. The van der Waals surface area contributed by atoms with Crippen molar-refractivity contribution in [2.24, 2.45) is 13.0 Å². The monoisotopic (exact) mass is 424 g/mol. The number of hydrogen-bond donors (Lipinski definition) is 1. The van der Waals surface area contributed by atoms with E-state index in [4.69, 9.17) is 0 Å². The number of aromatic nitrogens is 1. The molecule has 1 aromatic heterocycles. The van der Waals surface area contributed by atoms with Gasteiger partial charge in [-0.1, -0.05) is 30.3 Å². The number of aliphatic hydroxyl groups excluding tert-OH is 1. The van der Waals surface area contributed by atoms with Gasteiger partial charge < -0.3 is 19.9 Å². The van der Waals surface area contributed by atoms with E-state index in [2.05, 4.69) is 10.6 Å². The van der Waals surface area contributed by atoms with Crippen LogP contribution in [0.1, 0.15) is 30.2 Å². The smallest absolute Gasteiger partial charge is 0.235 e. The third kappa shape index (κ3) is 3.63. The first-order valence-corrected chi connectivity index (χ1v) is 11.1. The van der Waals surface area contributed by atoms with Crippen molar-refractivity contribution >= 4 is 29.2 Å². The summed E-state index contributed by atoms with van der Waals surface area (Å²) in [4.78, 5) is 25.3. The van der Waals surface area contributed by atoms with Crippen molar-refractivity contribution < 1.29 is 24.4 Å². The zero-order chi connectivity index (χ0) is 21.4. The highest BCUT2D eigenvalue weighted by atomic mass is 32.2. The van der Waals surface area contributed by atoms with E-state index in [0.29, 0.717) is 12.0 Å². The zero-order valence-electron chi connectivity index (χ0n) is 16.9. The van der Waals surface area contributed by atoms with E-state index >= 15 is 0 Å². The van der Waals surface area contributed by atoms with Crippen LogP contribution >= 0.6 is 11.8 Å². The minimum absolute atomic E-state index is 0.0550. The molecule has 2 aliphatic heterocycles. The highest BCUT2D eigenvalue weighted by Crippen LogP contribution is 2.46. The van der Waals surface area contributed by atoms with Gasteiger partial charge in [0.2, 0.25) is 5.91 Å². The number of rotatable bonds is 7. The van der Waals surface area contributed by atoms with Gasteiger partial charge in [-0.15, -0.1) is 11.8 Å². The quantitative estimate of drug-likeness (QED) is 0.530. The summed E-state index contributed by atoms with van der Waals surface area (Å²) in [5.41, 5.74) is 3.73. The van der Waals surface area contributed by atoms with Gasteiger partial charge in [0.1, 0.15) is 7.05 Å². The predicted molar refractivity (Wildman–Crippen MR) is 111 cm³/mol. The lowest BCUT2D eigenvalue weighted by Gasteiger charge is -2.45. The topological polar surface area (TPSA) is 84.5 Å². The van der Waals surface area contributed by atoms with E-state index in [-0.39, 0.29) is 17.6 Å². The maximum Gasteiger partial charge on any atom is 0.235 e. The molecule has 0 radical (unpaired) electrons. The van der Waals surface area contributed by atoms with E-state index in [1.54, 1.807) is 6.92 Å². The lowest BCUT2D eigenvalue weighted by molar-refractivity contribution is -0.678. The van der Waals surface area contributed by atoms with Crippen LogP contribution in [-0.2, 0) is 28.1 Å². The minimum atomic E-state index is -1.35. The van der Waals surface area contributed by atoms with Crippen LogP contribution in [0.15, 0.2) is 54.4 Å². The van der Waals surface area contributed by atoms with Gasteiger partial charge in [0, 0.05) is 17.9 Å². The summed E-state index contributed by atoms with van der Waals surface area (Å²) in [6.07, 6.45) is 1.65. The molecule has 0 saturated carbocycles. The normalized spacial score (nSPS) is 21.4. The SMILES string of the molecule is C[C@@H](O)[C@H]1C(=O)N2C(C(=O)[O-])=C(c3ccc(CSCc4cccc[n+]4C)cc3)C[C@H]12. The number of aliphatic hydroxyl groups is 1. The van der Waals surface area contributed by atoms with Gasteiger partial charge in [0.15, 0.2) is 11.9 Å². The Hall–Kier alpha value is -2.64. The van der Waals surface area contributed by atoms with Gasteiger partial charge in [-0.2, -0.15) is 0 Å². The Balaban J connectivity index is 1.46. The summed E-state index contributed by atoms with van der Waals surface area (Å²) >= 11 is 1.81. The molecule has 0 aliphatic carbocycles. The second-order valence-electron chi connectivity index (χ2n) is 7.85. The molecule has 7 heteroatoms. The predicted octanol–water partition coefficient (Wildman–Crippen LogP) is 1.02. The number of pyridine rings is 1. The maximum absolute atomic E-state index is 12.3. The van der Waals surface area contributed by atoms with Crippen molar-refractivity contribution in [2.75, 3.05) is 0 Å². The molecule has 1 aromatic carbocycles. The molecular formula is C23H24N2O4S.